The first-order valence-corrected chi connectivity index (χ1v) is 3.85. The van der Waals surface area contributed by atoms with Gasteiger partial charge in [0.2, 0.25) is 0 Å². The maximum absolute atomic E-state index is 3.80. The summed E-state index contributed by atoms with van der Waals surface area (Å²) in [5.41, 5.74) is 0.201. The molecule has 0 fully saturated rings. The molecule has 0 unspecified atom stereocenters. The van der Waals surface area contributed by atoms with E-state index in [0.29, 0.717) is 0 Å². The molecule has 0 saturated carbocycles. The minimum Gasteiger partial charge on any atom is -0.106 e. The van der Waals surface area contributed by atoms with Gasteiger partial charge in [-0.1, -0.05) is 25.7 Å². The maximum Gasteiger partial charge on any atom is 0.0258 e. The van der Waals surface area contributed by atoms with Crippen LogP contribution in [0, 0.1) is 24.2 Å². The molecule has 57 valence electrons. The van der Waals surface area contributed by atoms with Gasteiger partial charge in [0.15, 0.2) is 0 Å². The van der Waals surface area contributed by atoms with E-state index in [4.69, 9.17) is 0 Å². The van der Waals surface area contributed by atoms with E-state index in [-0.39, 0.29) is 5.41 Å². The van der Waals surface area contributed by atoms with Crippen LogP contribution >= 0.6 is 0 Å². The van der Waals surface area contributed by atoms with Gasteiger partial charge in [-0.2, -0.15) is 0 Å². The normalized spacial score (nSPS) is 10.4. The molecule has 0 amide bonds. The van der Waals surface area contributed by atoms with Crippen molar-refractivity contribution in [2.45, 2.75) is 40.0 Å². The molecule has 0 aliphatic heterocycles. The Kier molecular flexibility index (Phi) is 4.19. The van der Waals surface area contributed by atoms with Crippen LogP contribution < -0.4 is 0 Å². The second-order valence-corrected chi connectivity index (χ2v) is 3.22. The molecule has 0 rings (SSSR count). The first-order valence-electron chi connectivity index (χ1n) is 3.85. The first-order chi connectivity index (χ1) is 4.62. The van der Waals surface area contributed by atoms with Gasteiger partial charge in [0.25, 0.3) is 0 Å². The van der Waals surface area contributed by atoms with Crippen molar-refractivity contribution in [3.05, 3.63) is 6.92 Å². The van der Waals surface area contributed by atoms with Crippen LogP contribution in [0.25, 0.3) is 0 Å². The van der Waals surface area contributed by atoms with E-state index >= 15 is 0 Å². The van der Waals surface area contributed by atoms with E-state index in [1.807, 2.05) is 6.92 Å². The molecule has 0 saturated heterocycles. The van der Waals surface area contributed by atoms with E-state index in [9.17, 15) is 0 Å². The van der Waals surface area contributed by atoms with E-state index in [1.54, 1.807) is 0 Å². The van der Waals surface area contributed by atoms with Crippen molar-refractivity contribution in [3.63, 3.8) is 0 Å². The fourth-order valence-electron chi connectivity index (χ4n) is 0.968. The summed E-state index contributed by atoms with van der Waals surface area (Å²) in [6.07, 6.45) is 3.37. The molecule has 10 heavy (non-hydrogen) atoms. The zero-order valence-corrected chi connectivity index (χ0v) is 7.33. The fraction of sp³-hybridized carbons (Fsp3) is 0.700. The minimum atomic E-state index is 0.201. The molecule has 0 atom stereocenters. The molecule has 0 N–H and O–H groups in total. The lowest BCUT2D eigenvalue weighted by Gasteiger charge is -2.15. The van der Waals surface area contributed by atoms with Gasteiger partial charge in [0, 0.05) is 5.41 Å². The predicted molar refractivity (Wildman–Crippen MR) is 46.4 cm³/mol. The van der Waals surface area contributed by atoms with Gasteiger partial charge in [-0.15, -0.1) is 5.92 Å². The van der Waals surface area contributed by atoms with Crippen LogP contribution in [0.5, 0.6) is 0 Å². The van der Waals surface area contributed by atoms with Gasteiger partial charge >= 0.3 is 0 Å². The Hall–Kier alpha value is -0.440. The Morgan fingerprint density at radius 2 is 2.00 bits per heavy atom. The summed E-state index contributed by atoms with van der Waals surface area (Å²) in [5, 5.41) is 0. The number of hydrogen-bond acceptors (Lipinski definition) is 0. The molecular weight excluding hydrogens is 120 g/mol. The van der Waals surface area contributed by atoms with Crippen LogP contribution in [0.2, 0.25) is 0 Å². The topological polar surface area (TPSA) is 0 Å². The fourth-order valence-corrected chi connectivity index (χ4v) is 0.968. The van der Waals surface area contributed by atoms with Crippen molar-refractivity contribution < 1.29 is 0 Å². The lowest BCUT2D eigenvalue weighted by Crippen LogP contribution is -2.07. The van der Waals surface area contributed by atoms with Gasteiger partial charge in [-0.05, 0) is 27.2 Å². The summed E-state index contributed by atoms with van der Waals surface area (Å²) in [6, 6.07) is 0. The van der Waals surface area contributed by atoms with Crippen molar-refractivity contribution in [1.29, 1.82) is 0 Å². The quantitative estimate of drug-likeness (QED) is 0.524. The van der Waals surface area contributed by atoms with E-state index in [1.165, 1.54) is 6.42 Å². The monoisotopic (exact) mass is 137 g/mol. The SMILES string of the molecule is [CH2]CCCC(C)(C)C#CC. The molecule has 0 heterocycles. The average molecular weight is 137 g/mol. The van der Waals surface area contributed by atoms with E-state index in [0.717, 1.165) is 12.8 Å². The molecule has 0 aromatic heterocycles. The third kappa shape index (κ3) is 4.44. The highest BCUT2D eigenvalue weighted by molar-refractivity contribution is 5.06. The highest BCUT2D eigenvalue weighted by Crippen LogP contribution is 2.21. The van der Waals surface area contributed by atoms with Crippen LogP contribution in [0.4, 0.5) is 0 Å². The molecule has 0 bridgehead atoms. The zero-order valence-electron chi connectivity index (χ0n) is 7.33. The van der Waals surface area contributed by atoms with Crippen molar-refractivity contribution in [2.24, 2.45) is 5.41 Å². The predicted octanol–water partition coefficient (Wildman–Crippen LogP) is 3.04. The second kappa shape index (κ2) is 4.39. The highest BCUT2D eigenvalue weighted by Gasteiger charge is 2.11. The van der Waals surface area contributed by atoms with Crippen LogP contribution in [0.3, 0.4) is 0 Å². The van der Waals surface area contributed by atoms with Crippen LogP contribution in [-0.2, 0) is 0 Å². The Labute approximate surface area is 65.0 Å². The third-order valence-corrected chi connectivity index (χ3v) is 1.52. The standard InChI is InChI=1S/C10H17/c1-5-7-9-10(3,4)8-6-2/h1,5,7,9H2,2-4H3. The summed E-state index contributed by atoms with van der Waals surface area (Å²) in [4.78, 5) is 0. The molecule has 0 aliphatic carbocycles. The molecule has 1 radical (unpaired) electrons. The summed E-state index contributed by atoms with van der Waals surface area (Å²) in [5.74, 6) is 6.13. The minimum absolute atomic E-state index is 0.201. The number of rotatable bonds is 3. The van der Waals surface area contributed by atoms with Gasteiger partial charge in [0.05, 0.1) is 0 Å². The summed E-state index contributed by atoms with van der Waals surface area (Å²) >= 11 is 0. The smallest absolute Gasteiger partial charge is 0.0258 e. The molecule has 0 aromatic carbocycles. The largest absolute Gasteiger partial charge is 0.106 e. The summed E-state index contributed by atoms with van der Waals surface area (Å²) < 4.78 is 0. The summed E-state index contributed by atoms with van der Waals surface area (Å²) in [7, 11) is 0. The van der Waals surface area contributed by atoms with Crippen molar-refractivity contribution >= 4 is 0 Å². The van der Waals surface area contributed by atoms with E-state index in [2.05, 4.69) is 32.6 Å². The van der Waals surface area contributed by atoms with Crippen LogP contribution in [0.1, 0.15) is 40.0 Å². The average Bonchev–Trinajstić information content (AvgIpc) is 1.84. The van der Waals surface area contributed by atoms with Gasteiger partial charge in [-0.25, -0.2) is 0 Å². The lowest BCUT2D eigenvalue weighted by molar-refractivity contribution is 0.442. The van der Waals surface area contributed by atoms with Crippen molar-refractivity contribution in [2.75, 3.05) is 0 Å². The van der Waals surface area contributed by atoms with Crippen LogP contribution in [0.15, 0.2) is 0 Å². The lowest BCUT2D eigenvalue weighted by atomic mass is 9.88. The maximum atomic E-state index is 3.80. The van der Waals surface area contributed by atoms with Crippen molar-refractivity contribution in [3.8, 4) is 11.8 Å². The first kappa shape index (κ1) is 9.56. The second-order valence-electron chi connectivity index (χ2n) is 3.22. The Morgan fingerprint density at radius 1 is 1.40 bits per heavy atom. The summed E-state index contributed by atoms with van der Waals surface area (Å²) in [6.45, 7) is 10.1. The molecule has 0 aromatic rings. The number of hydrogen-bond donors (Lipinski definition) is 0. The molecule has 0 spiro atoms. The van der Waals surface area contributed by atoms with Gasteiger partial charge < -0.3 is 0 Å². The third-order valence-electron chi connectivity index (χ3n) is 1.52. The Balaban J connectivity index is 3.71. The Morgan fingerprint density at radius 3 is 2.40 bits per heavy atom. The number of unbranched alkanes of at least 4 members (excludes halogenated alkanes) is 1. The molecule has 0 nitrogen and oxygen atoms in total. The van der Waals surface area contributed by atoms with Crippen LogP contribution in [-0.4, -0.2) is 0 Å². The van der Waals surface area contributed by atoms with Crippen molar-refractivity contribution in [1.82, 2.24) is 0 Å². The zero-order chi connectivity index (χ0) is 8.04. The highest BCUT2D eigenvalue weighted by atomic mass is 14.1. The van der Waals surface area contributed by atoms with Gasteiger partial charge in [-0.3, -0.25) is 0 Å². The molecule has 0 aliphatic rings. The molecule has 0 heteroatoms. The van der Waals surface area contributed by atoms with E-state index < -0.39 is 0 Å². The Bertz CT molecular complexity index is 132. The molecular formula is C10H17. The van der Waals surface area contributed by atoms with Gasteiger partial charge in [0.1, 0.15) is 0 Å².